The Labute approximate surface area is 418 Å². The molecule has 0 radical (unpaired) electrons. The first kappa shape index (κ1) is 53.1. The summed E-state index contributed by atoms with van der Waals surface area (Å²) in [5.74, 6) is 2.27. The lowest BCUT2D eigenvalue weighted by Gasteiger charge is -2.26. The normalized spacial score (nSPS) is 17.3. The van der Waals surface area contributed by atoms with Crippen LogP contribution in [0.4, 0.5) is 0 Å². The number of ether oxygens (including phenoxy) is 2. The molecule has 0 spiro atoms. The zero-order chi connectivity index (χ0) is 49.1. The van der Waals surface area contributed by atoms with Gasteiger partial charge in [0, 0.05) is 33.7 Å². The van der Waals surface area contributed by atoms with Crippen LogP contribution in [0.5, 0.6) is 23.0 Å². The van der Waals surface area contributed by atoms with Gasteiger partial charge in [-0.25, -0.2) is 0 Å². The molecule has 370 valence electrons. The van der Waals surface area contributed by atoms with Crippen molar-refractivity contribution >= 4 is 5.57 Å². The first-order valence-corrected chi connectivity index (χ1v) is 27.0. The van der Waals surface area contributed by atoms with Crippen molar-refractivity contribution in [2.45, 2.75) is 183 Å². The molecule has 0 heterocycles. The Morgan fingerprint density at radius 2 is 1.22 bits per heavy atom. The van der Waals surface area contributed by atoms with Crippen molar-refractivity contribution in [3.05, 3.63) is 147 Å². The van der Waals surface area contributed by atoms with Crippen molar-refractivity contribution in [1.29, 1.82) is 0 Å². The minimum absolute atomic E-state index is 0.0590. The summed E-state index contributed by atoms with van der Waals surface area (Å²) in [6, 6.07) is 24.8. The third-order valence-electron chi connectivity index (χ3n) is 14.5. The van der Waals surface area contributed by atoms with E-state index >= 15 is 0 Å². The average molecular weight is 931 g/mol. The molecule has 2 aliphatic carbocycles. The van der Waals surface area contributed by atoms with Gasteiger partial charge in [-0.05, 0) is 201 Å². The number of unbranched alkanes of at least 4 members (excludes halogenated alkanes) is 2. The Bertz CT molecular complexity index is 2460. The molecule has 69 heavy (non-hydrogen) atoms. The number of phenols is 2. The van der Waals surface area contributed by atoms with Gasteiger partial charge in [0.05, 0.1) is 13.2 Å². The van der Waals surface area contributed by atoms with Gasteiger partial charge in [0.1, 0.15) is 23.0 Å². The van der Waals surface area contributed by atoms with Crippen molar-refractivity contribution in [1.82, 2.24) is 0 Å². The van der Waals surface area contributed by atoms with Crippen molar-refractivity contribution in [2.75, 3.05) is 13.2 Å². The Hall–Kier alpha value is -5.22. The summed E-state index contributed by atoms with van der Waals surface area (Å²) >= 11 is 0. The highest BCUT2D eigenvalue weighted by Crippen LogP contribution is 2.46. The van der Waals surface area contributed by atoms with E-state index in [4.69, 9.17) is 9.47 Å². The van der Waals surface area contributed by atoms with Gasteiger partial charge in [-0.3, -0.25) is 0 Å². The molecular formula is C65H86O4. The van der Waals surface area contributed by atoms with Crippen molar-refractivity contribution in [3.63, 3.8) is 0 Å². The van der Waals surface area contributed by atoms with Gasteiger partial charge in [0.25, 0.3) is 0 Å². The number of fused-ring (bicyclic) bond motifs is 1. The smallest absolute Gasteiger partial charge is 0.131 e. The molecule has 4 aromatic rings. The van der Waals surface area contributed by atoms with E-state index in [9.17, 15) is 10.2 Å². The number of aromatic hydroxyl groups is 2. The Morgan fingerprint density at radius 3 is 1.91 bits per heavy atom. The van der Waals surface area contributed by atoms with Crippen LogP contribution in [-0.2, 0) is 6.42 Å². The van der Waals surface area contributed by atoms with Crippen molar-refractivity contribution in [2.24, 2.45) is 5.92 Å². The SMILES string of the molecule is C=C(/C=C(\C)CCCC/C(C)=C(/CCCC)CCc1cc(C)cc(-c2ccccc2OCC(C)COc2ccccc2-c2cc(C)cc(/C3=C4\CCCC\C4=C\CCCCCC3)c2O)c1O)CCC. The molecule has 2 aliphatic rings. The highest BCUT2D eigenvalue weighted by atomic mass is 16.5. The maximum absolute atomic E-state index is 12.2. The highest BCUT2D eigenvalue weighted by Gasteiger charge is 2.24. The predicted molar refractivity (Wildman–Crippen MR) is 295 cm³/mol. The Morgan fingerprint density at radius 1 is 0.623 bits per heavy atom. The van der Waals surface area contributed by atoms with Crippen LogP contribution in [0.3, 0.4) is 0 Å². The second kappa shape index (κ2) is 27.2. The van der Waals surface area contributed by atoms with Gasteiger partial charge in [-0.15, -0.1) is 0 Å². The number of phenolic OH excluding ortho intramolecular Hbond substituents is 2. The molecule has 1 saturated carbocycles. The summed E-state index contributed by atoms with van der Waals surface area (Å²) in [6.45, 7) is 20.6. The van der Waals surface area contributed by atoms with Gasteiger partial charge < -0.3 is 19.7 Å². The maximum Gasteiger partial charge on any atom is 0.131 e. The molecule has 0 aromatic heterocycles. The lowest BCUT2D eigenvalue weighted by atomic mass is 9.80. The molecular weight excluding hydrogens is 845 g/mol. The molecule has 1 unspecified atom stereocenters. The first-order chi connectivity index (χ1) is 33.5. The molecule has 0 bridgehead atoms. The minimum Gasteiger partial charge on any atom is -0.507 e. The summed E-state index contributed by atoms with van der Waals surface area (Å²) < 4.78 is 13.2. The zero-order valence-electron chi connectivity index (χ0n) is 43.8. The molecule has 4 aromatic carbocycles. The summed E-state index contributed by atoms with van der Waals surface area (Å²) in [6.07, 6.45) is 28.7. The maximum atomic E-state index is 12.2. The van der Waals surface area contributed by atoms with Gasteiger partial charge in [-0.1, -0.05) is 130 Å². The van der Waals surface area contributed by atoms with Gasteiger partial charge >= 0.3 is 0 Å². The number of allylic oxidation sites excluding steroid dienone is 9. The van der Waals surface area contributed by atoms with E-state index in [-0.39, 0.29) is 5.92 Å². The molecule has 1 fully saturated rings. The minimum atomic E-state index is 0.0590. The molecule has 0 saturated heterocycles. The average Bonchev–Trinajstić information content (AvgIpc) is 3.34. The summed E-state index contributed by atoms with van der Waals surface area (Å²) in [4.78, 5) is 0. The molecule has 0 amide bonds. The van der Waals surface area contributed by atoms with E-state index in [1.54, 1.807) is 5.57 Å². The van der Waals surface area contributed by atoms with Gasteiger partial charge in [0.15, 0.2) is 0 Å². The molecule has 6 rings (SSSR count). The zero-order valence-corrected chi connectivity index (χ0v) is 43.8. The van der Waals surface area contributed by atoms with Crippen LogP contribution >= 0.6 is 0 Å². The Balaban J connectivity index is 1.13. The Kier molecular flexibility index (Phi) is 21.0. The van der Waals surface area contributed by atoms with E-state index in [2.05, 4.69) is 104 Å². The van der Waals surface area contributed by atoms with Crippen LogP contribution in [0.25, 0.3) is 27.8 Å². The second-order valence-electron chi connectivity index (χ2n) is 20.7. The lowest BCUT2D eigenvalue weighted by Crippen LogP contribution is -2.17. The van der Waals surface area contributed by atoms with Crippen molar-refractivity contribution < 1.29 is 19.7 Å². The van der Waals surface area contributed by atoms with E-state index in [1.807, 2.05) is 36.4 Å². The highest BCUT2D eigenvalue weighted by molar-refractivity contribution is 5.86. The number of aryl methyl sites for hydroxylation is 3. The largest absolute Gasteiger partial charge is 0.507 e. The predicted octanol–water partition coefficient (Wildman–Crippen LogP) is 19.1. The number of hydrogen-bond acceptors (Lipinski definition) is 4. The summed E-state index contributed by atoms with van der Waals surface area (Å²) in [5, 5.41) is 24.2. The fraction of sp³-hybridized carbons (Fsp3) is 0.477. The number of para-hydroxylation sites is 2. The third kappa shape index (κ3) is 15.4. The lowest BCUT2D eigenvalue weighted by molar-refractivity contribution is 0.189. The van der Waals surface area contributed by atoms with E-state index < -0.39 is 0 Å². The second-order valence-corrected chi connectivity index (χ2v) is 20.7. The van der Waals surface area contributed by atoms with Crippen LogP contribution in [0.2, 0.25) is 0 Å². The summed E-state index contributed by atoms with van der Waals surface area (Å²) in [5.41, 5.74) is 17.8. The standard InChI is InChI=1S/C65H86O4/c1-9-11-28-52(51(8)27-18-17-26-47(4)39-46(3)25-10-2)37-38-54-40-48(5)41-60(64(54)66)57-33-21-23-35-62(57)68-44-50(7)45-69-63-36-24-22-34-58(63)61-43-49(6)42-59(65(61)67)56-32-16-14-12-13-15-29-53-30-19-20-31-55(53)56/h21-24,29,33-36,39-43,50,66-67H,3,9-20,25-28,30-32,37-38,44-45H2,1-2,4-8H3/b47-39+,52-51-,53-29-,56-55+. The molecule has 2 N–H and O–H groups in total. The van der Waals surface area contributed by atoms with Crippen molar-refractivity contribution in [3.8, 4) is 45.3 Å². The van der Waals surface area contributed by atoms with Crippen LogP contribution in [0, 0.1) is 19.8 Å². The van der Waals surface area contributed by atoms with E-state index in [1.165, 1.54) is 91.2 Å². The topological polar surface area (TPSA) is 58.9 Å². The fourth-order valence-corrected chi connectivity index (χ4v) is 10.6. The van der Waals surface area contributed by atoms with Crippen LogP contribution < -0.4 is 9.47 Å². The number of hydrogen-bond donors (Lipinski definition) is 2. The molecule has 0 aliphatic heterocycles. The number of benzene rings is 4. The third-order valence-corrected chi connectivity index (χ3v) is 14.5. The van der Waals surface area contributed by atoms with E-state index in [0.717, 1.165) is 133 Å². The molecule has 1 atom stereocenters. The molecule has 4 heteroatoms. The quantitative estimate of drug-likeness (QED) is 0.0442. The van der Waals surface area contributed by atoms with Crippen LogP contribution in [-0.4, -0.2) is 23.4 Å². The van der Waals surface area contributed by atoms with E-state index in [0.29, 0.717) is 24.7 Å². The monoisotopic (exact) mass is 931 g/mol. The van der Waals surface area contributed by atoms with Crippen LogP contribution in [0.15, 0.2) is 125 Å². The first-order valence-electron chi connectivity index (χ1n) is 27.0. The van der Waals surface area contributed by atoms with Crippen LogP contribution in [0.1, 0.15) is 185 Å². The van der Waals surface area contributed by atoms with Gasteiger partial charge in [0.2, 0.25) is 0 Å². The summed E-state index contributed by atoms with van der Waals surface area (Å²) in [7, 11) is 0. The number of rotatable bonds is 23. The van der Waals surface area contributed by atoms with Gasteiger partial charge in [-0.2, -0.15) is 0 Å². The fourth-order valence-electron chi connectivity index (χ4n) is 10.6. The molecule has 4 nitrogen and oxygen atoms in total.